The third kappa shape index (κ3) is 6.57. The van der Waals surface area contributed by atoms with Gasteiger partial charge in [-0.1, -0.05) is 16.8 Å². The molecule has 2 rings (SSSR count). The summed E-state index contributed by atoms with van der Waals surface area (Å²) in [5.41, 5.74) is 6.04. The Kier molecular flexibility index (Phi) is 9.92. The van der Waals surface area contributed by atoms with Crippen molar-refractivity contribution in [3.05, 3.63) is 23.0 Å². The van der Waals surface area contributed by atoms with Crippen molar-refractivity contribution < 1.29 is 18.8 Å². The summed E-state index contributed by atoms with van der Waals surface area (Å²) >= 11 is 6.19. The molecule has 0 unspecified atom stereocenters. The fourth-order valence-corrected chi connectivity index (χ4v) is 2.61. The SMILES string of the molecule is COc1cc(-c2noc(CCC(=O)NCCCCN)n2)cc(Cl)c1OC.Cl. The minimum Gasteiger partial charge on any atom is -0.493 e. The number of hydrogen-bond acceptors (Lipinski definition) is 7. The van der Waals surface area contributed by atoms with Crippen LogP contribution < -0.4 is 20.5 Å². The first-order chi connectivity index (χ1) is 12.6. The summed E-state index contributed by atoms with van der Waals surface area (Å²) in [5.74, 6) is 1.59. The second kappa shape index (κ2) is 11.6. The predicted molar refractivity (Wildman–Crippen MR) is 105 cm³/mol. The smallest absolute Gasteiger partial charge is 0.227 e. The van der Waals surface area contributed by atoms with Crippen molar-refractivity contribution in [3.63, 3.8) is 0 Å². The number of nitrogens with one attached hydrogen (secondary N) is 1. The van der Waals surface area contributed by atoms with Crippen molar-refractivity contribution in [1.82, 2.24) is 15.5 Å². The van der Waals surface area contributed by atoms with Crippen LogP contribution in [0.25, 0.3) is 11.4 Å². The molecule has 3 N–H and O–H groups in total. The zero-order valence-electron chi connectivity index (χ0n) is 15.3. The number of aromatic nitrogens is 2. The number of hydrogen-bond donors (Lipinski definition) is 2. The largest absolute Gasteiger partial charge is 0.493 e. The molecule has 27 heavy (non-hydrogen) atoms. The van der Waals surface area contributed by atoms with Gasteiger partial charge >= 0.3 is 0 Å². The highest BCUT2D eigenvalue weighted by molar-refractivity contribution is 6.32. The van der Waals surface area contributed by atoms with Crippen LogP contribution in [0.3, 0.4) is 0 Å². The zero-order valence-corrected chi connectivity index (χ0v) is 16.9. The maximum absolute atomic E-state index is 11.8. The molecule has 0 aliphatic rings. The topological polar surface area (TPSA) is 112 Å². The average molecular weight is 419 g/mol. The first kappa shape index (κ1) is 23.0. The van der Waals surface area contributed by atoms with Crippen molar-refractivity contribution in [2.75, 3.05) is 27.3 Å². The van der Waals surface area contributed by atoms with Crippen LogP contribution in [0.4, 0.5) is 0 Å². The summed E-state index contributed by atoms with van der Waals surface area (Å²) in [6.45, 7) is 1.25. The van der Waals surface area contributed by atoms with E-state index in [1.807, 2.05) is 0 Å². The Balaban J connectivity index is 0.00000364. The van der Waals surface area contributed by atoms with Gasteiger partial charge in [0.2, 0.25) is 17.6 Å². The molecular weight excluding hydrogens is 395 g/mol. The van der Waals surface area contributed by atoms with Gasteiger partial charge in [0.05, 0.1) is 19.2 Å². The molecule has 150 valence electrons. The number of aryl methyl sites for hydroxylation is 1. The van der Waals surface area contributed by atoms with E-state index in [1.54, 1.807) is 12.1 Å². The van der Waals surface area contributed by atoms with Gasteiger partial charge in [0.1, 0.15) is 0 Å². The monoisotopic (exact) mass is 418 g/mol. The van der Waals surface area contributed by atoms with E-state index in [4.69, 9.17) is 31.3 Å². The Bertz CT molecular complexity index is 740. The number of unbranched alkanes of at least 4 members (excludes halogenated alkanes) is 1. The van der Waals surface area contributed by atoms with Crippen LogP contribution in [0.1, 0.15) is 25.2 Å². The van der Waals surface area contributed by atoms with Gasteiger partial charge in [0.15, 0.2) is 11.5 Å². The summed E-state index contributed by atoms with van der Waals surface area (Å²) in [6, 6.07) is 3.38. The van der Waals surface area contributed by atoms with Crippen molar-refractivity contribution in [1.29, 1.82) is 0 Å². The molecule has 2 aromatic rings. The van der Waals surface area contributed by atoms with E-state index in [1.165, 1.54) is 14.2 Å². The Hall–Kier alpha value is -2.03. The molecule has 8 nitrogen and oxygen atoms in total. The van der Waals surface area contributed by atoms with E-state index in [9.17, 15) is 4.79 Å². The summed E-state index contributed by atoms with van der Waals surface area (Å²) < 4.78 is 15.7. The number of carbonyl (C=O) groups is 1. The first-order valence-corrected chi connectivity index (χ1v) is 8.68. The van der Waals surface area contributed by atoms with Crippen molar-refractivity contribution in [3.8, 4) is 22.9 Å². The van der Waals surface area contributed by atoms with Gasteiger partial charge in [0.25, 0.3) is 0 Å². The van der Waals surface area contributed by atoms with Crippen LogP contribution in [0.15, 0.2) is 16.7 Å². The molecule has 10 heteroatoms. The van der Waals surface area contributed by atoms with Crippen LogP contribution in [0.2, 0.25) is 5.02 Å². The van der Waals surface area contributed by atoms with Crippen molar-refractivity contribution >= 4 is 29.9 Å². The normalized spacial score (nSPS) is 10.2. The molecule has 1 amide bonds. The molecule has 0 saturated carbocycles. The predicted octanol–water partition coefficient (Wildman–Crippen LogP) is 2.62. The Morgan fingerprint density at radius 1 is 1.30 bits per heavy atom. The van der Waals surface area contributed by atoms with E-state index in [0.717, 1.165) is 12.8 Å². The minimum absolute atomic E-state index is 0. The standard InChI is InChI=1S/C17H23ClN4O4.ClH/c1-24-13-10-11(9-12(18)16(13)25-2)17-21-15(26-22-17)6-5-14(23)20-8-4-3-7-19;/h9-10H,3-8,19H2,1-2H3,(H,20,23);1H. The number of ether oxygens (including phenoxy) is 2. The van der Waals surface area contributed by atoms with Crippen molar-refractivity contribution in [2.24, 2.45) is 5.73 Å². The van der Waals surface area contributed by atoms with Gasteiger partial charge in [-0.3, -0.25) is 4.79 Å². The lowest BCUT2D eigenvalue weighted by Crippen LogP contribution is -2.25. The average Bonchev–Trinajstić information content (AvgIpc) is 3.12. The Morgan fingerprint density at radius 3 is 2.74 bits per heavy atom. The number of methoxy groups -OCH3 is 2. The molecule has 0 saturated heterocycles. The molecule has 0 spiro atoms. The highest BCUT2D eigenvalue weighted by atomic mass is 35.5. The quantitative estimate of drug-likeness (QED) is 0.570. The lowest BCUT2D eigenvalue weighted by atomic mass is 10.2. The summed E-state index contributed by atoms with van der Waals surface area (Å²) in [7, 11) is 3.03. The van der Waals surface area contributed by atoms with Crippen LogP contribution in [0.5, 0.6) is 11.5 Å². The van der Waals surface area contributed by atoms with Crippen LogP contribution in [-0.4, -0.2) is 43.4 Å². The lowest BCUT2D eigenvalue weighted by Gasteiger charge is -2.10. The molecule has 1 aromatic heterocycles. The molecule has 0 atom stereocenters. The third-order valence-electron chi connectivity index (χ3n) is 3.68. The molecule has 0 aliphatic heterocycles. The summed E-state index contributed by atoms with van der Waals surface area (Å²) in [4.78, 5) is 16.1. The van der Waals surface area contributed by atoms with Gasteiger partial charge in [0, 0.05) is 24.9 Å². The number of benzene rings is 1. The van der Waals surface area contributed by atoms with E-state index in [-0.39, 0.29) is 24.7 Å². The Labute approximate surface area is 169 Å². The van der Waals surface area contributed by atoms with Crippen LogP contribution in [0, 0.1) is 0 Å². The second-order valence-corrected chi connectivity index (χ2v) is 5.96. The van der Waals surface area contributed by atoms with Crippen LogP contribution >= 0.6 is 24.0 Å². The third-order valence-corrected chi connectivity index (χ3v) is 3.96. The lowest BCUT2D eigenvalue weighted by molar-refractivity contribution is -0.121. The minimum atomic E-state index is -0.0593. The maximum Gasteiger partial charge on any atom is 0.227 e. The Morgan fingerprint density at radius 2 is 2.07 bits per heavy atom. The molecule has 0 bridgehead atoms. The van der Waals surface area contributed by atoms with Gasteiger partial charge in [-0.25, -0.2) is 0 Å². The number of nitrogens with two attached hydrogens (primary N) is 1. The fourth-order valence-electron chi connectivity index (χ4n) is 2.33. The zero-order chi connectivity index (χ0) is 18.9. The molecule has 0 aliphatic carbocycles. The van der Waals surface area contributed by atoms with E-state index in [2.05, 4.69) is 15.5 Å². The molecule has 1 aromatic carbocycles. The number of nitrogens with zero attached hydrogens (tertiary/aromatic N) is 2. The van der Waals surface area contributed by atoms with Crippen molar-refractivity contribution in [2.45, 2.75) is 25.7 Å². The molecule has 0 fully saturated rings. The summed E-state index contributed by atoms with van der Waals surface area (Å²) in [5, 5.41) is 7.15. The summed E-state index contributed by atoms with van der Waals surface area (Å²) in [6.07, 6.45) is 2.39. The number of rotatable bonds is 10. The highest BCUT2D eigenvalue weighted by Crippen LogP contribution is 2.38. The number of carbonyl (C=O) groups excluding carboxylic acids is 1. The van der Waals surface area contributed by atoms with E-state index in [0.29, 0.717) is 53.3 Å². The number of amides is 1. The van der Waals surface area contributed by atoms with Gasteiger partial charge in [-0.05, 0) is 31.5 Å². The molecular formula is C17H24Cl2N4O4. The van der Waals surface area contributed by atoms with Crippen LogP contribution in [-0.2, 0) is 11.2 Å². The fraction of sp³-hybridized carbons (Fsp3) is 0.471. The first-order valence-electron chi connectivity index (χ1n) is 8.30. The van der Waals surface area contributed by atoms with Gasteiger partial charge < -0.3 is 25.0 Å². The molecule has 0 radical (unpaired) electrons. The maximum atomic E-state index is 11.8. The van der Waals surface area contributed by atoms with Gasteiger partial charge in [-0.2, -0.15) is 4.98 Å². The van der Waals surface area contributed by atoms with E-state index >= 15 is 0 Å². The second-order valence-electron chi connectivity index (χ2n) is 5.55. The van der Waals surface area contributed by atoms with E-state index < -0.39 is 0 Å². The number of halogens is 2. The van der Waals surface area contributed by atoms with Gasteiger partial charge in [-0.15, -0.1) is 12.4 Å². The molecule has 1 heterocycles. The highest BCUT2D eigenvalue weighted by Gasteiger charge is 2.16.